The normalized spacial score (nSPS) is 21.2. The molecular weight excluding hydrogens is 380 g/mol. The van der Waals surface area contributed by atoms with E-state index in [2.05, 4.69) is 27.4 Å². The molecule has 0 bridgehead atoms. The van der Waals surface area contributed by atoms with Gasteiger partial charge < -0.3 is 20.5 Å². The lowest BCUT2D eigenvalue weighted by molar-refractivity contribution is -0.275. The van der Waals surface area contributed by atoms with Crippen LogP contribution in [-0.4, -0.2) is 42.6 Å². The molecule has 10 heteroatoms. The van der Waals surface area contributed by atoms with E-state index < -0.39 is 17.9 Å². The first-order chi connectivity index (χ1) is 13.3. The van der Waals surface area contributed by atoms with Gasteiger partial charge in [-0.3, -0.25) is 4.90 Å². The van der Waals surface area contributed by atoms with Gasteiger partial charge in [-0.2, -0.15) is 0 Å². The van der Waals surface area contributed by atoms with Crippen molar-refractivity contribution in [2.45, 2.75) is 38.4 Å². The van der Waals surface area contributed by atoms with Gasteiger partial charge in [0.25, 0.3) is 6.02 Å². The van der Waals surface area contributed by atoms with Crippen LogP contribution in [0.15, 0.2) is 41.7 Å². The van der Waals surface area contributed by atoms with Crippen LogP contribution in [0.25, 0.3) is 0 Å². The molecule has 2 unspecified atom stereocenters. The zero-order valence-electron chi connectivity index (χ0n) is 15.3. The maximum absolute atomic E-state index is 13.9. The Bertz CT molecular complexity index is 748. The van der Waals surface area contributed by atoms with Crippen molar-refractivity contribution in [3.63, 3.8) is 0 Å². The Morgan fingerprint density at radius 1 is 1.50 bits per heavy atom. The van der Waals surface area contributed by atoms with Gasteiger partial charge in [0, 0.05) is 13.1 Å². The van der Waals surface area contributed by atoms with Gasteiger partial charge in [-0.15, -0.1) is 18.9 Å². The number of benzene rings is 1. The minimum absolute atomic E-state index is 0.0664. The number of alkyl halides is 3. The number of halogens is 4. The summed E-state index contributed by atoms with van der Waals surface area (Å²) in [5.74, 6) is -1.95. The van der Waals surface area contributed by atoms with Gasteiger partial charge in [0.1, 0.15) is 6.10 Å². The second-order valence-corrected chi connectivity index (χ2v) is 5.97. The lowest BCUT2D eigenvalue weighted by Crippen LogP contribution is -2.55. The fourth-order valence-electron chi connectivity index (χ4n) is 2.79. The van der Waals surface area contributed by atoms with Crippen LogP contribution in [0.3, 0.4) is 0 Å². The van der Waals surface area contributed by atoms with Crippen LogP contribution in [0.1, 0.15) is 18.9 Å². The summed E-state index contributed by atoms with van der Waals surface area (Å²) >= 11 is 0. The van der Waals surface area contributed by atoms with Crippen LogP contribution in [-0.2, 0) is 11.3 Å². The highest BCUT2D eigenvalue weighted by Gasteiger charge is 2.33. The van der Waals surface area contributed by atoms with E-state index in [9.17, 15) is 17.6 Å². The highest BCUT2D eigenvalue weighted by atomic mass is 19.4. The number of nitrogens with zero attached hydrogens (tertiary/aromatic N) is 2. The molecule has 6 nitrogen and oxygen atoms in total. The lowest BCUT2D eigenvalue weighted by atomic mass is 10.1. The third-order valence-corrected chi connectivity index (χ3v) is 4.01. The van der Waals surface area contributed by atoms with Gasteiger partial charge in [-0.05, 0) is 24.1 Å². The zero-order valence-corrected chi connectivity index (χ0v) is 15.3. The van der Waals surface area contributed by atoms with Crippen molar-refractivity contribution < 1.29 is 27.0 Å². The van der Waals surface area contributed by atoms with Gasteiger partial charge in [0.15, 0.2) is 11.6 Å². The smallest absolute Gasteiger partial charge is 0.460 e. The van der Waals surface area contributed by atoms with Crippen LogP contribution in [0, 0.1) is 5.82 Å². The largest absolute Gasteiger partial charge is 0.573 e. The first kappa shape index (κ1) is 21.7. The Labute approximate surface area is 160 Å². The van der Waals surface area contributed by atoms with Crippen LogP contribution in [0.4, 0.5) is 17.6 Å². The summed E-state index contributed by atoms with van der Waals surface area (Å²) in [5, 5.41) is 3.23. The SMILES string of the molecule is C=C=CN1CC(NCc2ccc(OC(F)(F)F)c(F)c2)C(CC)O/C1=N/CN. The predicted octanol–water partition coefficient (Wildman–Crippen LogP) is 2.86. The van der Waals surface area contributed by atoms with Crippen molar-refractivity contribution in [3.8, 4) is 5.75 Å². The number of amidine groups is 1. The van der Waals surface area contributed by atoms with Crippen molar-refractivity contribution in [2.75, 3.05) is 13.2 Å². The number of nitrogens with two attached hydrogens (primary N) is 1. The molecule has 28 heavy (non-hydrogen) atoms. The number of hydrogen-bond donors (Lipinski definition) is 2. The van der Waals surface area contributed by atoms with Crippen molar-refractivity contribution in [1.82, 2.24) is 10.2 Å². The number of aliphatic imine (C=N–C) groups is 1. The summed E-state index contributed by atoms with van der Waals surface area (Å²) in [5.41, 5.74) is 8.58. The van der Waals surface area contributed by atoms with Crippen molar-refractivity contribution in [3.05, 3.63) is 48.1 Å². The van der Waals surface area contributed by atoms with Gasteiger partial charge in [-0.25, -0.2) is 9.38 Å². The summed E-state index contributed by atoms with van der Waals surface area (Å²) < 4.78 is 60.0. The molecule has 1 fully saturated rings. The van der Waals surface area contributed by atoms with E-state index in [-0.39, 0.29) is 25.4 Å². The number of ether oxygens (including phenoxy) is 2. The molecule has 1 heterocycles. The molecule has 2 rings (SSSR count). The third-order valence-electron chi connectivity index (χ3n) is 4.01. The van der Waals surface area contributed by atoms with Crippen LogP contribution >= 0.6 is 0 Å². The van der Waals surface area contributed by atoms with Gasteiger partial charge in [0.05, 0.1) is 18.9 Å². The molecule has 1 saturated heterocycles. The zero-order chi connectivity index (χ0) is 20.7. The fraction of sp³-hybridized carbons (Fsp3) is 0.444. The van der Waals surface area contributed by atoms with Crippen molar-refractivity contribution >= 4 is 6.02 Å². The first-order valence-corrected chi connectivity index (χ1v) is 8.58. The fourth-order valence-corrected chi connectivity index (χ4v) is 2.79. The molecule has 0 saturated carbocycles. The molecule has 0 aliphatic carbocycles. The molecule has 154 valence electrons. The van der Waals surface area contributed by atoms with E-state index in [1.54, 1.807) is 11.1 Å². The quantitative estimate of drug-likeness (QED) is 0.542. The highest BCUT2D eigenvalue weighted by Crippen LogP contribution is 2.26. The monoisotopic (exact) mass is 402 g/mol. The minimum Gasteiger partial charge on any atom is -0.460 e. The summed E-state index contributed by atoms with van der Waals surface area (Å²) in [6.45, 7) is 6.25. The van der Waals surface area contributed by atoms with Gasteiger partial charge in [0.2, 0.25) is 0 Å². The standard InChI is InChI=1S/C18H22F4N4O2/c1-3-7-26-10-14(15(4-2)27-17(26)25-11-23)24-9-12-5-6-16(13(19)8-12)28-18(20,21)22/h5-8,14-15,24H,1,4,9-11,23H2,2H3/b25-17+. The summed E-state index contributed by atoms with van der Waals surface area (Å²) in [6.07, 6.45) is -2.89. The number of rotatable bonds is 7. The Morgan fingerprint density at radius 3 is 2.82 bits per heavy atom. The van der Waals surface area contributed by atoms with E-state index in [0.717, 1.165) is 12.1 Å². The molecule has 0 aromatic heterocycles. The van der Waals surface area contributed by atoms with Gasteiger partial charge in [-0.1, -0.05) is 19.6 Å². The Kier molecular flexibility index (Phi) is 7.45. The van der Waals surface area contributed by atoms with Crippen molar-refractivity contribution in [2.24, 2.45) is 10.7 Å². The first-order valence-electron chi connectivity index (χ1n) is 8.58. The molecule has 3 N–H and O–H groups in total. The topological polar surface area (TPSA) is 72.1 Å². The molecule has 1 aliphatic heterocycles. The molecule has 1 aromatic carbocycles. The summed E-state index contributed by atoms with van der Waals surface area (Å²) in [4.78, 5) is 5.80. The van der Waals surface area contributed by atoms with E-state index in [1.165, 1.54) is 6.07 Å². The maximum atomic E-state index is 13.9. The average Bonchev–Trinajstić information content (AvgIpc) is 2.63. The van der Waals surface area contributed by atoms with Crippen molar-refractivity contribution in [1.29, 1.82) is 0 Å². The number of nitrogens with one attached hydrogen (secondary N) is 1. The molecular formula is C18H22F4N4O2. The second-order valence-electron chi connectivity index (χ2n) is 5.97. The lowest BCUT2D eigenvalue weighted by Gasteiger charge is -2.38. The number of hydrogen-bond acceptors (Lipinski definition) is 5. The molecule has 2 atom stereocenters. The van der Waals surface area contributed by atoms with E-state index in [0.29, 0.717) is 24.6 Å². The van der Waals surface area contributed by atoms with E-state index in [4.69, 9.17) is 10.5 Å². The molecule has 1 aromatic rings. The van der Waals surface area contributed by atoms with Crippen LogP contribution in [0.2, 0.25) is 0 Å². The van der Waals surface area contributed by atoms with E-state index >= 15 is 0 Å². The minimum atomic E-state index is -4.95. The predicted molar refractivity (Wildman–Crippen MR) is 95.8 cm³/mol. The van der Waals surface area contributed by atoms with E-state index in [1.807, 2.05) is 6.92 Å². The highest BCUT2D eigenvalue weighted by molar-refractivity contribution is 5.76. The third kappa shape index (κ3) is 5.98. The van der Waals surface area contributed by atoms with Crippen LogP contribution < -0.4 is 15.8 Å². The summed E-state index contributed by atoms with van der Waals surface area (Å²) in [7, 11) is 0. The Balaban J connectivity index is 2.07. The van der Waals surface area contributed by atoms with Gasteiger partial charge >= 0.3 is 6.36 Å². The second kappa shape index (κ2) is 9.59. The molecule has 0 radical (unpaired) electrons. The molecule has 0 amide bonds. The Morgan fingerprint density at radius 2 is 2.25 bits per heavy atom. The molecule has 1 aliphatic rings. The summed E-state index contributed by atoms with van der Waals surface area (Å²) in [6, 6.07) is 3.53. The average molecular weight is 402 g/mol. The molecule has 0 spiro atoms. The van der Waals surface area contributed by atoms with Crippen LogP contribution in [0.5, 0.6) is 5.75 Å². The maximum Gasteiger partial charge on any atom is 0.573 e. The Hall–Kier alpha value is -2.55.